The summed E-state index contributed by atoms with van der Waals surface area (Å²) < 4.78 is 1.10. The van der Waals surface area contributed by atoms with Crippen molar-refractivity contribution >= 4 is 15.9 Å². The lowest BCUT2D eigenvalue weighted by molar-refractivity contribution is 0.268. The first-order valence-corrected chi connectivity index (χ1v) is 8.26. The standard InChI is InChI=1S/C18H23BrN2/c1-2-21(14-15-8-4-3-5-9-15)13-12-18(20)16-10-6-7-11-17(16)19/h3-11,18H,2,12-14,20H2,1H3. The zero-order valence-corrected chi connectivity index (χ0v) is 14.1. The zero-order valence-electron chi connectivity index (χ0n) is 12.5. The number of hydrogen-bond donors (Lipinski definition) is 1. The molecule has 0 saturated carbocycles. The molecule has 2 nitrogen and oxygen atoms in total. The molecule has 2 N–H and O–H groups in total. The molecule has 1 atom stereocenters. The molecule has 1 unspecified atom stereocenters. The van der Waals surface area contributed by atoms with Crippen molar-refractivity contribution in [3.63, 3.8) is 0 Å². The van der Waals surface area contributed by atoms with E-state index < -0.39 is 0 Å². The number of halogens is 1. The lowest BCUT2D eigenvalue weighted by Crippen LogP contribution is -2.27. The summed E-state index contributed by atoms with van der Waals surface area (Å²) in [4.78, 5) is 2.44. The Hall–Kier alpha value is -1.16. The Bertz CT molecular complexity index is 542. The molecular weight excluding hydrogens is 324 g/mol. The van der Waals surface area contributed by atoms with Crippen LogP contribution in [-0.2, 0) is 6.54 Å². The molecule has 112 valence electrons. The molecule has 0 radical (unpaired) electrons. The van der Waals surface area contributed by atoms with E-state index >= 15 is 0 Å². The summed E-state index contributed by atoms with van der Waals surface area (Å²) in [7, 11) is 0. The molecule has 0 heterocycles. The normalized spacial score (nSPS) is 12.6. The van der Waals surface area contributed by atoms with Gasteiger partial charge >= 0.3 is 0 Å². The number of nitrogens with zero attached hydrogens (tertiary/aromatic N) is 1. The first kappa shape index (κ1) is 16.2. The third-order valence-corrected chi connectivity index (χ3v) is 4.48. The number of rotatable bonds is 7. The summed E-state index contributed by atoms with van der Waals surface area (Å²) in [5.41, 5.74) is 8.88. The number of nitrogens with two attached hydrogens (primary N) is 1. The molecule has 0 amide bonds. The van der Waals surface area contributed by atoms with E-state index in [0.29, 0.717) is 0 Å². The zero-order chi connectivity index (χ0) is 15.1. The fourth-order valence-corrected chi connectivity index (χ4v) is 3.02. The monoisotopic (exact) mass is 346 g/mol. The fraction of sp³-hybridized carbons (Fsp3) is 0.333. The highest BCUT2D eigenvalue weighted by Crippen LogP contribution is 2.23. The van der Waals surface area contributed by atoms with E-state index in [1.807, 2.05) is 12.1 Å². The minimum atomic E-state index is 0.0744. The Labute approximate surface area is 136 Å². The van der Waals surface area contributed by atoms with Gasteiger partial charge in [-0.05, 0) is 30.2 Å². The average Bonchev–Trinajstić information content (AvgIpc) is 2.52. The van der Waals surface area contributed by atoms with Crippen molar-refractivity contribution in [3.8, 4) is 0 Å². The Balaban J connectivity index is 1.90. The van der Waals surface area contributed by atoms with Crippen molar-refractivity contribution in [2.75, 3.05) is 13.1 Å². The third kappa shape index (κ3) is 4.95. The molecule has 2 aromatic carbocycles. The van der Waals surface area contributed by atoms with Crippen LogP contribution in [0.5, 0.6) is 0 Å². The van der Waals surface area contributed by atoms with E-state index in [4.69, 9.17) is 5.73 Å². The van der Waals surface area contributed by atoms with Crippen LogP contribution < -0.4 is 5.73 Å². The van der Waals surface area contributed by atoms with E-state index in [-0.39, 0.29) is 6.04 Å². The van der Waals surface area contributed by atoms with Crippen molar-refractivity contribution in [1.82, 2.24) is 4.90 Å². The van der Waals surface area contributed by atoms with Gasteiger partial charge in [-0.15, -0.1) is 0 Å². The molecular formula is C18H23BrN2. The lowest BCUT2D eigenvalue weighted by Gasteiger charge is -2.23. The Morgan fingerprint density at radius 3 is 2.38 bits per heavy atom. The van der Waals surface area contributed by atoms with Gasteiger partial charge in [-0.3, -0.25) is 4.90 Å². The topological polar surface area (TPSA) is 29.3 Å². The minimum absolute atomic E-state index is 0.0744. The van der Waals surface area contributed by atoms with Gasteiger partial charge in [0.05, 0.1) is 0 Å². The second-order valence-corrected chi connectivity index (χ2v) is 6.13. The third-order valence-electron chi connectivity index (χ3n) is 3.76. The van der Waals surface area contributed by atoms with Gasteiger partial charge in [-0.25, -0.2) is 0 Å². The van der Waals surface area contributed by atoms with Crippen LogP contribution in [0.1, 0.15) is 30.5 Å². The van der Waals surface area contributed by atoms with Crippen LogP contribution in [-0.4, -0.2) is 18.0 Å². The average molecular weight is 347 g/mol. The van der Waals surface area contributed by atoms with Gasteiger partial charge in [0.2, 0.25) is 0 Å². The summed E-state index contributed by atoms with van der Waals surface area (Å²) >= 11 is 3.58. The molecule has 0 aromatic heterocycles. The Kier molecular flexibility index (Phi) is 6.43. The maximum Gasteiger partial charge on any atom is 0.0318 e. The molecule has 3 heteroatoms. The number of benzene rings is 2. The van der Waals surface area contributed by atoms with Gasteiger partial charge in [-0.2, -0.15) is 0 Å². The van der Waals surface area contributed by atoms with E-state index in [2.05, 4.69) is 70.2 Å². The highest BCUT2D eigenvalue weighted by atomic mass is 79.9. The molecule has 0 aliphatic carbocycles. The maximum atomic E-state index is 6.34. The van der Waals surface area contributed by atoms with Gasteiger partial charge in [0.15, 0.2) is 0 Å². The quantitative estimate of drug-likeness (QED) is 0.806. The van der Waals surface area contributed by atoms with Gasteiger partial charge in [0.1, 0.15) is 0 Å². The van der Waals surface area contributed by atoms with Gasteiger partial charge in [-0.1, -0.05) is 71.4 Å². The van der Waals surface area contributed by atoms with Crippen LogP contribution in [0.15, 0.2) is 59.1 Å². The summed E-state index contributed by atoms with van der Waals surface area (Å²) in [6.45, 7) is 5.23. The van der Waals surface area contributed by atoms with Crippen molar-refractivity contribution in [1.29, 1.82) is 0 Å². The second-order valence-electron chi connectivity index (χ2n) is 5.27. The molecule has 0 aliphatic heterocycles. The van der Waals surface area contributed by atoms with Crippen LogP contribution in [0, 0.1) is 0 Å². The first-order chi connectivity index (χ1) is 10.2. The van der Waals surface area contributed by atoms with E-state index in [1.165, 1.54) is 11.1 Å². The SMILES string of the molecule is CCN(CCC(N)c1ccccc1Br)Cc1ccccc1. The van der Waals surface area contributed by atoms with Crippen molar-refractivity contribution in [2.24, 2.45) is 5.73 Å². The summed E-state index contributed by atoms with van der Waals surface area (Å²) in [5, 5.41) is 0. The molecule has 2 rings (SSSR count). The summed E-state index contributed by atoms with van der Waals surface area (Å²) in [6.07, 6.45) is 0.962. The van der Waals surface area contributed by atoms with Crippen molar-refractivity contribution < 1.29 is 0 Å². The minimum Gasteiger partial charge on any atom is -0.324 e. The highest BCUT2D eigenvalue weighted by Gasteiger charge is 2.11. The van der Waals surface area contributed by atoms with Crippen LogP contribution in [0.3, 0.4) is 0 Å². The Morgan fingerprint density at radius 2 is 1.71 bits per heavy atom. The first-order valence-electron chi connectivity index (χ1n) is 7.47. The van der Waals surface area contributed by atoms with Crippen LogP contribution in [0.4, 0.5) is 0 Å². The van der Waals surface area contributed by atoms with Gasteiger partial charge < -0.3 is 5.73 Å². The summed E-state index contributed by atoms with van der Waals surface area (Å²) in [5.74, 6) is 0. The lowest BCUT2D eigenvalue weighted by atomic mass is 10.0. The molecule has 0 spiro atoms. The molecule has 21 heavy (non-hydrogen) atoms. The molecule has 0 saturated heterocycles. The fourth-order valence-electron chi connectivity index (χ4n) is 2.44. The van der Waals surface area contributed by atoms with E-state index in [0.717, 1.165) is 30.5 Å². The Morgan fingerprint density at radius 1 is 1.05 bits per heavy atom. The largest absolute Gasteiger partial charge is 0.324 e. The second kappa shape index (κ2) is 8.32. The van der Waals surface area contributed by atoms with E-state index in [1.54, 1.807) is 0 Å². The van der Waals surface area contributed by atoms with Gasteiger partial charge in [0, 0.05) is 23.6 Å². The smallest absolute Gasteiger partial charge is 0.0318 e. The molecule has 0 fully saturated rings. The molecule has 0 aliphatic rings. The van der Waals surface area contributed by atoms with Crippen LogP contribution >= 0.6 is 15.9 Å². The van der Waals surface area contributed by atoms with Crippen LogP contribution in [0.25, 0.3) is 0 Å². The predicted octanol–water partition coefficient (Wildman–Crippen LogP) is 4.36. The maximum absolute atomic E-state index is 6.34. The highest BCUT2D eigenvalue weighted by molar-refractivity contribution is 9.10. The summed E-state index contributed by atoms with van der Waals surface area (Å²) in [6, 6.07) is 18.9. The van der Waals surface area contributed by atoms with Crippen molar-refractivity contribution in [3.05, 3.63) is 70.2 Å². The molecule has 2 aromatic rings. The van der Waals surface area contributed by atoms with Gasteiger partial charge in [0.25, 0.3) is 0 Å². The van der Waals surface area contributed by atoms with Crippen molar-refractivity contribution in [2.45, 2.75) is 25.9 Å². The van der Waals surface area contributed by atoms with E-state index in [9.17, 15) is 0 Å². The van der Waals surface area contributed by atoms with Crippen LogP contribution in [0.2, 0.25) is 0 Å². The predicted molar refractivity (Wildman–Crippen MR) is 93.1 cm³/mol. The molecule has 0 bridgehead atoms. The number of hydrogen-bond acceptors (Lipinski definition) is 2.